The summed E-state index contributed by atoms with van der Waals surface area (Å²) in [6, 6.07) is 7.48. The number of methoxy groups -OCH3 is 1. The molecule has 0 aliphatic heterocycles. The van der Waals surface area contributed by atoms with Crippen molar-refractivity contribution >= 4 is 0 Å². The van der Waals surface area contributed by atoms with Crippen molar-refractivity contribution in [2.75, 3.05) is 7.11 Å². The van der Waals surface area contributed by atoms with Gasteiger partial charge in [0.2, 0.25) is 0 Å². The summed E-state index contributed by atoms with van der Waals surface area (Å²) in [7, 11) is 1.36. The zero-order chi connectivity index (χ0) is 15.4. The molecule has 0 fully saturated rings. The van der Waals surface area contributed by atoms with E-state index in [0.717, 1.165) is 0 Å². The topological polar surface area (TPSA) is 53.4 Å². The van der Waals surface area contributed by atoms with E-state index < -0.39 is 6.61 Å². The Balaban J connectivity index is 2.46. The van der Waals surface area contributed by atoms with Crippen LogP contribution in [0.5, 0.6) is 11.5 Å². The largest absolute Gasteiger partial charge is 0.493 e. The second kappa shape index (κ2) is 6.34. The number of rotatable bonds is 5. The standard InChI is InChI=1S/C14H14F2N2O3/c1-3-18-13(19)7-5-10(17-18)9-4-6-11(20-2)12(8-9)21-14(15)16/h4-8,14H,3H2,1-2H3. The van der Waals surface area contributed by atoms with E-state index in [-0.39, 0.29) is 17.1 Å². The zero-order valence-electron chi connectivity index (χ0n) is 11.5. The molecule has 2 aromatic rings. The smallest absolute Gasteiger partial charge is 0.387 e. The van der Waals surface area contributed by atoms with Crippen molar-refractivity contribution in [3.63, 3.8) is 0 Å². The predicted octanol–water partition coefficient (Wildman–Crippen LogP) is 2.54. The normalized spacial score (nSPS) is 10.7. The number of ether oxygens (including phenoxy) is 2. The highest BCUT2D eigenvalue weighted by Gasteiger charge is 2.13. The Morgan fingerprint density at radius 3 is 2.62 bits per heavy atom. The SMILES string of the molecule is CCn1nc(-c2ccc(OC)c(OC(F)F)c2)ccc1=O. The molecule has 2 rings (SSSR count). The van der Waals surface area contributed by atoms with Gasteiger partial charge < -0.3 is 9.47 Å². The second-order valence-corrected chi connectivity index (χ2v) is 4.12. The van der Waals surface area contributed by atoms with Crippen LogP contribution in [0.25, 0.3) is 11.3 Å². The van der Waals surface area contributed by atoms with Crippen LogP contribution < -0.4 is 15.0 Å². The second-order valence-electron chi connectivity index (χ2n) is 4.12. The van der Waals surface area contributed by atoms with Crippen LogP contribution in [0.3, 0.4) is 0 Å². The van der Waals surface area contributed by atoms with E-state index in [1.807, 2.05) is 0 Å². The van der Waals surface area contributed by atoms with Gasteiger partial charge in [-0.3, -0.25) is 4.79 Å². The van der Waals surface area contributed by atoms with Gasteiger partial charge in [0.25, 0.3) is 5.56 Å². The first-order valence-corrected chi connectivity index (χ1v) is 6.26. The molecule has 0 N–H and O–H groups in total. The van der Waals surface area contributed by atoms with Crippen LogP contribution in [-0.4, -0.2) is 23.5 Å². The fourth-order valence-corrected chi connectivity index (χ4v) is 1.85. The average Bonchev–Trinajstić information content (AvgIpc) is 2.47. The van der Waals surface area contributed by atoms with Crippen LogP contribution in [0.2, 0.25) is 0 Å². The number of benzene rings is 1. The van der Waals surface area contributed by atoms with Crippen LogP contribution in [-0.2, 0) is 6.54 Å². The molecule has 1 aromatic heterocycles. The number of aryl methyl sites for hydroxylation is 1. The molecule has 0 atom stereocenters. The quantitative estimate of drug-likeness (QED) is 0.851. The Morgan fingerprint density at radius 1 is 1.24 bits per heavy atom. The van der Waals surface area contributed by atoms with Crippen LogP contribution in [0.4, 0.5) is 8.78 Å². The van der Waals surface area contributed by atoms with E-state index in [9.17, 15) is 13.6 Å². The third-order valence-electron chi connectivity index (χ3n) is 2.84. The molecule has 21 heavy (non-hydrogen) atoms. The third kappa shape index (κ3) is 3.36. The lowest BCUT2D eigenvalue weighted by Crippen LogP contribution is -2.21. The van der Waals surface area contributed by atoms with Crippen molar-refractivity contribution in [2.45, 2.75) is 20.1 Å². The van der Waals surface area contributed by atoms with Gasteiger partial charge in [0.15, 0.2) is 11.5 Å². The summed E-state index contributed by atoms with van der Waals surface area (Å²) in [6.45, 7) is -0.743. The summed E-state index contributed by atoms with van der Waals surface area (Å²) >= 11 is 0. The maximum Gasteiger partial charge on any atom is 0.387 e. The van der Waals surface area contributed by atoms with Crippen molar-refractivity contribution < 1.29 is 18.3 Å². The Kier molecular flexibility index (Phi) is 4.52. The van der Waals surface area contributed by atoms with Gasteiger partial charge in [0.05, 0.1) is 12.8 Å². The van der Waals surface area contributed by atoms with E-state index in [0.29, 0.717) is 17.8 Å². The lowest BCUT2D eigenvalue weighted by Gasteiger charge is -2.11. The number of hydrogen-bond donors (Lipinski definition) is 0. The molecule has 0 saturated heterocycles. The molecule has 0 radical (unpaired) electrons. The highest BCUT2D eigenvalue weighted by atomic mass is 19.3. The number of halogens is 2. The molecule has 0 amide bonds. The molecule has 0 aliphatic carbocycles. The Labute approximate surface area is 119 Å². The number of aromatic nitrogens is 2. The molecule has 0 unspecified atom stereocenters. The average molecular weight is 296 g/mol. The van der Waals surface area contributed by atoms with E-state index in [4.69, 9.17) is 4.74 Å². The number of alkyl halides is 2. The molecular weight excluding hydrogens is 282 g/mol. The van der Waals surface area contributed by atoms with Gasteiger partial charge >= 0.3 is 6.61 Å². The maximum absolute atomic E-state index is 12.4. The summed E-state index contributed by atoms with van der Waals surface area (Å²) in [4.78, 5) is 11.5. The lowest BCUT2D eigenvalue weighted by atomic mass is 10.1. The number of nitrogens with zero attached hydrogens (tertiary/aromatic N) is 2. The molecule has 1 heterocycles. The van der Waals surface area contributed by atoms with Crippen molar-refractivity contribution in [2.24, 2.45) is 0 Å². The van der Waals surface area contributed by atoms with Crippen molar-refractivity contribution in [1.29, 1.82) is 0 Å². The van der Waals surface area contributed by atoms with Gasteiger partial charge in [-0.1, -0.05) is 0 Å². The summed E-state index contributed by atoms with van der Waals surface area (Å²) in [5, 5.41) is 4.16. The molecule has 5 nitrogen and oxygen atoms in total. The van der Waals surface area contributed by atoms with Crippen LogP contribution in [0, 0.1) is 0 Å². The minimum atomic E-state index is -2.95. The first-order chi connectivity index (χ1) is 10.0. The first kappa shape index (κ1) is 15.0. The van der Waals surface area contributed by atoms with E-state index >= 15 is 0 Å². The Bertz CT molecular complexity index is 686. The zero-order valence-corrected chi connectivity index (χ0v) is 11.5. The van der Waals surface area contributed by atoms with Crippen molar-refractivity contribution in [3.05, 3.63) is 40.7 Å². The first-order valence-electron chi connectivity index (χ1n) is 6.26. The highest BCUT2D eigenvalue weighted by Crippen LogP contribution is 2.32. The van der Waals surface area contributed by atoms with Gasteiger partial charge in [-0.15, -0.1) is 0 Å². The summed E-state index contributed by atoms with van der Waals surface area (Å²) in [6.07, 6.45) is 0. The van der Waals surface area contributed by atoms with Crippen molar-refractivity contribution in [1.82, 2.24) is 9.78 Å². The molecular formula is C14H14F2N2O3. The molecule has 0 spiro atoms. The number of hydrogen-bond acceptors (Lipinski definition) is 4. The summed E-state index contributed by atoms with van der Waals surface area (Å²) < 4.78 is 35.5. The fourth-order valence-electron chi connectivity index (χ4n) is 1.85. The van der Waals surface area contributed by atoms with E-state index in [2.05, 4.69) is 9.84 Å². The van der Waals surface area contributed by atoms with Gasteiger partial charge in [-0.2, -0.15) is 13.9 Å². The lowest BCUT2D eigenvalue weighted by molar-refractivity contribution is -0.0511. The fraction of sp³-hybridized carbons (Fsp3) is 0.286. The van der Waals surface area contributed by atoms with E-state index in [1.54, 1.807) is 13.0 Å². The summed E-state index contributed by atoms with van der Waals surface area (Å²) in [5.41, 5.74) is 0.811. The minimum Gasteiger partial charge on any atom is -0.493 e. The molecule has 112 valence electrons. The Morgan fingerprint density at radius 2 is 2.00 bits per heavy atom. The predicted molar refractivity (Wildman–Crippen MR) is 72.8 cm³/mol. The summed E-state index contributed by atoms with van der Waals surface area (Å²) in [5.74, 6) is 0.115. The minimum absolute atomic E-state index is 0.0824. The van der Waals surface area contributed by atoms with Crippen LogP contribution in [0.1, 0.15) is 6.92 Å². The maximum atomic E-state index is 12.4. The van der Waals surface area contributed by atoms with Gasteiger partial charge in [-0.25, -0.2) is 4.68 Å². The van der Waals surface area contributed by atoms with Gasteiger partial charge in [0, 0.05) is 18.2 Å². The van der Waals surface area contributed by atoms with Gasteiger partial charge in [-0.05, 0) is 31.2 Å². The molecule has 0 saturated carbocycles. The third-order valence-corrected chi connectivity index (χ3v) is 2.84. The van der Waals surface area contributed by atoms with Gasteiger partial charge in [0.1, 0.15) is 0 Å². The highest BCUT2D eigenvalue weighted by molar-refractivity contribution is 5.63. The van der Waals surface area contributed by atoms with E-state index in [1.165, 1.54) is 36.1 Å². The Hall–Kier alpha value is -2.44. The monoisotopic (exact) mass is 296 g/mol. The molecule has 0 aliphatic rings. The molecule has 7 heteroatoms. The van der Waals surface area contributed by atoms with Crippen LogP contribution >= 0.6 is 0 Å². The molecule has 1 aromatic carbocycles. The van der Waals surface area contributed by atoms with Crippen LogP contribution in [0.15, 0.2) is 35.1 Å². The molecule has 0 bridgehead atoms. The van der Waals surface area contributed by atoms with Crippen molar-refractivity contribution in [3.8, 4) is 22.8 Å².